The third-order valence-electron chi connectivity index (χ3n) is 3.35. The van der Waals surface area contributed by atoms with Crippen molar-refractivity contribution < 1.29 is 18.0 Å². The van der Waals surface area contributed by atoms with E-state index in [4.69, 9.17) is 11.5 Å². The third kappa shape index (κ3) is 5.32. The summed E-state index contributed by atoms with van der Waals surface area (Å²) in [4.78, 5) is 11.6. The molecule has 0 spiro atoms. The molecule has 0 atom stereocenters. The molecule has 0 radical (unpaired) electrons. The van der Waals surface area contributed by atoms with Gasteiger partial charge in [-0.2, -0.15) is 13.2 Å². The highest BCUT2D eigenvalue weighted by molar-refractivity contribution is 5.74. The largest absolute Gasteiger partial charge is 0.416 e. The number of urea groups is 1. The fourth-order valence-corrected chi connectivity index (χ4v) is 1.91. The zero-order valence-electron chi connectivity index (χ0n) is 13.5. The Kier molecular flexibility index (Phi) is 6.36. The quantitative estimate of drug-likeness (QED) is 0.665. The van der Waals surface area contributed by atoms with Crippen LogP contribution in [0, 0.1) is 0 Å². The first kappa shape index (κ1) is 19.5. The van der Waals surface area contributed by atoms with Gasteiger partial charge in [0, 0.05) is 13.1 Å². The van der Waals surface area contributed by atoms with Crippen LogP contribution in [0.2, 0.25) is 0 Å². The SMILES string of the molecule is NCC(CN)n1cc(CNC(=O)N=Nc2ccc(C(F)(F)F)cc2)nn1. The van der Waals surface area contributed by atoms with Crippen molar-refractivity contribution in [1.29, 1.82) is 0 Å². The van der Waals surface area contributed by atoms with Crippen LogP contribution in [0.15, 0.2) is 40.7 Å². The Balaban J connectivity index is 1.88. The smallest absolute Gasteiger partial charge is 0.329 e. The van der Waals surface area contributed by atoms with E-state index in [0.717, 1.165) is 24.3 Å². The van der Waals surface area contributed by atoms with Crippen molar-refractivity contribution in [1.82, 2.24) is 20.3 Å². The number of carbonyl (C=O) groups is 1. The Bertz CT molecular complexity index is 752. The first-order valence-corrected chi connectivity index (χ1v) is 7.51. The van der Waals surface area contributed by atoms with Crippen LogP contribution in [0.3, 0.4) is 0 Å². The topological polar surface area (TPSA) is 137 Å². The summed E-state index contributed by atoms with van der Waals surface area (Å²) in [5, 5.41) is 17.1. The summed E-state index contributed by atoms with van der Waals surface area (Å²) in [6, 6.07) is 2.99. The van der Waals surface area contributed by atoms with E-state index in [1.807, 2.05) is 0 Å². The lowest BCUT2D eigenvalue weighted by molar-refractivity contribution is -0.137. The molecule has 5 N–H and O–H groups in total. The summed E-state index contributed by atoms with van der Waals surface area (Å²) in [7, 11) is 0. The number of halogens is 3. The molecule has 0 fully saturated rings. The second kappa shape index (κ2) is 8.49. The van der Waals surface area contributed by atoms with Gasteiger partial charge in [-0.05, 0) is 24.3 Å². The summed E-state index contributed by atoms with van der Waals surface area (Å²) < 4.78 is 38.8. The summed E-state index contributed by atoms with van der Waals surface area (Å²) in [6.07, 6.45) is -2.84. The monoisotopic (exact) mass is 370 g/mol. The molecule has 1 heterocycles. The molecule has 9 nitrogen and oxygen atoms in total. The van der Waals surface area contributed by atoms with Gasteiger partial charge < -0.3 is 16.8 Å². The van der Waals surface area contributed by atoms with Crippen molar-refractivity contribution in [3.05, 3.63) is 41.7 Å². The Labute approximate surface area is 146 Å². The minimum atomic E-state index is -4.43. The standard InChI is InChI=1S/C14H17F3N8O/c15-14(16,17)9-1-3-10(4-2-9)21-23-13(26)20-7-11-8-25(24-22-11)12(5-18)6-19/h1-4,8,12H,5-7,18-19H2,(H,20,26). The summed E-state index contributed by atoms with van der Waals surface area (Å²) in [6.45, 7) is 0.646. The number of nitrogens with two attached hydrogens (primary N) is 2. The second-order valence-electron chi connectivity index (χ2n) is 5.22. The molecule has 2 aromatic rings. The summed E-state index contributed by atoms with van der Waals surface area (Å²) in [5.41, 5.74) is 10.9. The van der Waals surface area contributed by atoms with Crippen LogP contribution in [0.1, 0.15) is 17.3 Å². The van der Waals surface area contributed by atoms with E-state index in [-0.39, 0.29) is 18.3 Å². The molecule has 0 bridgehead atoms. The summed E-state index contributed by atoms with van der Waals surface area (Å²) >= 11 is 0. The van der Waals surface area contributed by atoms with E-state index in [1.54, 1.807) is 6.20 Å². The maximum atomic E-state index is 12.4. The average Bonchev–Trinajstić information content (AvgIpc) is 3.07. The first-order chi connectivity index (χ1) is 12.3. The molecule has 140 valence electrons. The van der Waals surface area contributed by atoms with Gasteiger partial charge in [-0.15, -0.1) is 10.2 Å². The van der Waals surface area contributed by atoms with Crippen LogP contribution in [-0.4, -0.2) is 34.1 Å². The fraction of sp³-hybridized carbons (Fsp3) is 0.357. The van der Waals surface area contributed by atoms with Gasteiger partial charge in [0.2, 0.25) is 0 Å². The van der Waals surface area contributed by atoms with Gasteiger partial charge >= 0.3 is 12.2 Å². The first-order valence-electron chi connectivity index (χ1n) is 7.51. The van der Waals surface area contributed by atoms with Crippen molar-refractivity contribution in [2.45, 2.75) is 18.8 Å². The van der Waals surface area contributed by atoms with Crippen molar-refractivity contribution in [2.24, 2.45) is 21.7 Å². The minimum absolute atomic E-state index is 0.0483. The Morgan fingerprint density at radius 1 is 1.23 bits per heavy atom. The number of carbonyl (C=O) groups excluding carboxylic acids is 1. The van der Waals surface area contributed by atoms with Crippen molar-refractivity contribution in [2.75, 3.05) is 13.1 Å². The van der Waals surface area contributed by atoms with Gasteiger partial charge in [-0.1, -0.05) is 10.3 Å². The van der Waals surface area contributed by atoms with Crippen LogP contribution in [0.5, 0.6) is 0 Å². The highest BCUT2D eigenvalue weighted by atomic mass is 19.4. The minimum Gasteiger partial charge on any atom is -0.329 e. The molecule has 0 saturated carbocycles. The molecular formula is C14H17F3N8O. The molecule has 0 unspecified atom stereocenters. The van der Waals surface area contributed by atoms with E-state index in [0.29, 0.717) is 18.8 Å². The van der Waals surface area contributed by atoms with Gasteiger partial charge in [-0.3, -0.25) is 0 Å². The van der Waals surface area contributed by atoms with Gasteiger partial charge in [0.15, 0.2) is 0 Å². The lowest BCUT2D eigenvalue weighted by Crippen LogP contribution is -2.27. The van der Waals surface area contributed by atoms with Crippen LogP contribution in [0.4, 0.5) is 23.7 Å². The number of amides is 2. The van der Waals surface area contributed by atoms with Crippen molar-refractivity contribution >= 4 is 11.7 Å². The number of rotatable bonds is 6. The Hall–Kier alpha value is -2.86. The maximum absolute atomic E-state index is 12.4. The molecule has 1 aromatic carbocycles. The lowest BCUT2D eigenvalue weighted by atomic mass is 10.2. The van der Waals surface area contributed by atoms with Gasteiger partial charge in [0.1, 0.15) is 5.69 Å². The van der Waals surface area contributed by atoms with E-state index >= 15 is 0 Å². The van der Waals surface area contributed by atoms with Crippen molar-refractivity contribution in [3.8, 4) is 0 Å². The van der Waals surface area contributed by atoms with E-state index in [1.165, 1.54) is 4.68 Å². The maximum Gasteiger partial charge on any atom is 0.416 e. The molecule has 12 heteroatoms. The predicted molar refractivity (Wildman–Crippen MR) is 85.4 cm³/mol. The summed E-state index contributed by atoms with van der Waals surface area (Å²) in [5.74, 6) is 0. The molecule has 2 rings (SSSR count). The molecule has 2 amide bonds. The van der Waals surface area contributed by atoms with Crippen molar-refractivity contribution in [3.63, 3.8) is 0 Å². The molecule has 0 aliphatic carbocycles. The molecule has 1 aromatic heterocycles. The average molecular weight is 370 g/mol. The molecule has 0 aliphatic rings. The van der Waals surface area contributed by atoms with Gasteiger partial charge in [0.05, 0.1) is 30.0 Å². The van der Waals surface area contributed by atoms with Gasteiger partial charge in [0.25, 0.3) is 0 Å². The molecule has 26 heavy (non-hydrogen) atoms. The van der Waals surface area contributed by atoms with E-state index in [2.05, 4.69) is 25.9 Å². The Morgan fingerprint density at radius 2 is 1.88 bits per heavy atom. The zero-order valence-corrected chi connectivity index (χ0v) is 13.5. The van der Waals surface area contributed by atoms with Crippen LogP contribution >= 0.6 is 0 Å². The highest BCUT2D eigenvalue weighted by Gasteiger charge is 2.29. The number of nitrogens with one attached hydrogen (secondary N) is 1. The molecule has 0 saturated heterocycles. The Morgan fingerprint density at radius 3 is 2.46 bits per heavy atom. The number of benzene rings is 1. The normalized spacial score (nSPS) is 12.1. The van der Waals surface area contributed by atoms with Crippen LogP contribution < -0.4 is 16.8 Å². The second-order valence-corrected chi connectivity index (χ2v) is 5.22. The highest BCUT2D eigenvalue weighted by Crippen LogP contribution is 2.30. The van der Waals surface area contributed by atoms with Crippen LogP contribution in [-0.2, 0) is 12.7 Å². The molecule has 0 aliphatic heterocycles. The number of hydrogen-bond donors (Lipinski definition) is 3. The van der Waals surface area contributed by atoms with E-state index < -0.39 is 17.8 Å². The van der Waals surface area contributed by atoms with Gasteiger partial charge in [-0.25, -0.2) is 9.48 Å². The number of aromatic nitrogens is 3. The predicted octanol–water partition coefficient (Wildman–Crippen LogP) is 1.75. The number of hydrogen-bond acceptors (Lipinski definition) is 6. The molecular weight excluding hydrogens is 353 g/mol. The zero-order chi connectivity index (χ0) is 19.2. The van der Waals surface area contributed by atoms with E-state index in [9.17, 15) is 18.0 Å². The number of azo groups is 1. The fourth-order valence-electron chi connectivity index (χ4n) is 1.91. The van der Waals surface area contributed by atoms with Crippen LogP contribution in [0.25, 0.3) is 0 Å². The third-order valence-corrected chi connectivity index (χ3v) is 3.35. The number of nitrogens with zero attached hydrogens (tertiary/aromatic N) is 5. The lowest BCUT2D eigenvalue weighted by Gasteiger charge is -2.10. The number of alkyl halides is 3.